The molecule has 0 aliphatic rings. The van der Waals surface area contributed by atoms with Crippen molar-refractivity contribution in [3.63, 3.8) is 0 Å². The maximum absolute atomic E-state index is 13.2. The molecule has 1 heterocycles. The van der Waals surface area contributed by atoms with Gasteiger partial charge in [-0.3, -0.25) is 25.8 Å². The highest BCUT2D eigenvalue weighted by Crippen LogP contribution is 2.34. The van der Waals surface area contributed by atoms with Crippen LogP contribution in [0.25, 0.3) is 0 Å². The predicted octanol–water partition coefficient (Wildman–Crippen LogP) is 5.71. The summed E-state index contributed by atoms with van der Waals surface area (Å²) in [6.45, 7) is 0. The lowest BCUT2D eigenvalue weighted by Crippen LogP contribution is -2.35. The van der Waals surface area contributed by atoms with Gasteiger partial charge in [-0.2, -0.15) is 0 Å². The number of hydrogen-bond donors (Lipinski definition) is 3. The Morgan fingerprint density at radius 2 is 1.49 bits per heavy atom. The van der Waals surface area contributed by atoms with Gasteiger partial charge in [0.1, 0.15) is 6.33 Å². The topological polar surface area (TPSA) is 122 Å². The third-order valence-electron chi connectivity index (χ3n) is 5.02. The van der Waals surface area contributed by atoms with Gasteiger partial charge >= 0.3 is 5.69 Å². The molecule has 0 aliphatic heterocycles. The van der Waals surface area contributed by atoms with E-state index in [1.165, 1.54) is 6.07 Å². The lowest BCUT2D eigenvalue weighted by Gasteiger charge is -2.18. The Kier molecular flexibility index (Phi) is 7.39. The second-order valence-electron chi connectivity index (χ2n) is 7.29. The lowest BCUT2D eigenvalue weighted by atomic mass is 9.91. The number of carbonyl (C=O) groups excluding carboxylic acids is 1. The number of carbonyl (C=O) groups is 1. The van der Waals surface area contributed by atoms with E-state index in [4.69, 9.17) is 23.2 Å². The minimum atomic E-state index is -0.666. The van der Waals surface area contributed by atoms with Crippen LogP contribution in [0.2, 0.25) is 10.0 Å². The maximum Gasteiger partial charge on any atom is 0.355 e. The van der Waals surface area contributed by atoms with Crippen LogP contribution in [0.5, 0.6) is 0 Å². The third-order valence-corrected chi connectivity index (χ3v) is 5.58. The number of hydrazine groups is 1. The molecule has 0 aliphatic carbocycles. The largest absolute Gasteiger partial charge is 0.355 e. The van der Waals surface area contributed by atoms with E-state index in [1.807, 2.05) is 60.7 Å². The van der Waals surface area contributed by atoms with Crippen molar-refractivity contribution in [1.29, 1.82) is 0 Å². The molecular weight excluding hydrogens is 491 g/mol. The second kappa shape index (κ2) is 10.8. The first-order chi connectivity index (χ1) is 16.9. The highest BCUT2D eigenvalue weighted by atomic mass is 35.5. The number of amides is 1. The fourth-order valence-corrected chi connectivity index (χ4v) is 3.77. The van der Waals surface area contributed by atoms with Gasteiger partial charge in [0.05, 0.1) is 21.6 Å². The van der Waals surface area contributed by atoms with Crippen LogP contribution in [-0.2, 0) is 4.79 Å². The molecule has 9 nitrogen and oxygen atoms in total. The number of aromatic nitrogens is 2. The molecule has 0 unspecified atom stereocenters. The normalized spacial score (nSPS) is 10.6. The molecule has 4 aromatic rings. The van der Waals surface area contributed by atoms with Crippen molar-refractivity contribution in [3.8, 4) is 0 Å². The van der Waals surface area contributed by atoms with Crippen LogP contribution in [0.15, 0.2) is 85.2 Å². The molecule has 4 rings (SSSR count). The summed E-state index contributed by atoms with van der Waals surface area (Å²) in [5.41, 5.74) is 6.47. The van der Waals surface area contributed by atoms with Gasteiger partial charge in [0.15, 0.2) is 0 Å². The molecule has 176 valence electrons. The van der Waals surface area contributed by atoms with Crippen LogP contribution in [0.1, 0.15) is 17.0 Å². The molecule has 0 fully saturated rings. The number of nitrogens with zero attached hydrogens (tertiary/aromatic N) is 3. The van der Waals surface area contributed by atoms with Crippen molar-refractivity contribution >= 4 is 52.1 Å². The number of nitro groups is 1. The zero-order valence-corrected chi connectivity index (χ0v) is 19.5. The molecule has 0 saturated carbocycles. The fourth-order valence-electron chi connectivity index (χ4n) is 3.43. The van der Waals surface area contributed by atoms with Crippen molar-refractivity contribution in [2.45, 2.75) is 5.92 Å². The van der Waals surface area contributed by atoms with Gasteiger partial charge in [0.25, 0.3) is 0 Å². The third kappa shape index (κ3) is 5.65. The molecular formula is C24H18Cl2N6O3. The molecule has 3 N–H and O–H groups in total. The second-order valence-corrected chi connectivity index (χ2v) is 8.14. The summed E-state index contributed by atoms with van der Waals surface area (Å²) in [4.78, 5) is 32.3. The Morgan fingerprint density at radius 1 is 0.886 bits per heavy atom. The predicted molar refractivity (Wildman–Crippen MR) is 135 cm³/mol. The molecule has 0 saturated heterocycles. The maximum atomic E-state index is 13.2. The Morgan fingerprint density at radius 3 is 2.09 bits per heavy atom. The monoisotopic (exact) mass is 508 g/mol. The SMILES string of the molecule is O=C(NNc1ncnc(Nc2cc(Cl)ccc2Cl)c1[N+](=O)[O-])C(c1ccccc1)c1ccccc1. The van der Waals surface area contributed by atoms with Crippen LogP contribution >= 0.6 is 23.2 Å². The van der Waals surface area contributed by atoms with Gasteiger partial charge < -0.3 is 5.32 Å². The molecule has 0 bridgehead atoms. The van der Waals surface area contributed by atoms with Gasteiger partial charge in [-0.15, -0.1) is 0 Å². The highest BCUT2D eigenvalue weighted by molar-refractivity contribution is 6.35. The van der Waals surface area contributed by atoms with E-state index in [0.29, 0.717) is 15.7 Å². The number of anilines is 3. The molecule has 0 atom stereocenters. The molecule has 0 radical (unpaired) electrons. The van der Waals surface area contributed by atoms with Crippen LogP contribution in [0.4, 0.5) is 23.0 Å². The van der Waals surface area contributed by atoms with Crippen LogP contribution in [0.3, 0.4) is 0 Å². The standard InChI is InChI=1S/C24H18Cl2N6O3/c25-17-11-12-18(26)19(13-17)29-22-21(32(34)35)23(28-14-27-22)30-31-24(33)20(15-7-3-1-4-8-15)16-9-5-2-6-10-16/h1-14,20H,(H,31,33)(H2,27,28,29,30). The summed E-state index contributed by atoms with van der Waals surface area (Å²) in [7, 11) is 0. The van der Waals surface area contributed by atoms with Crippen molar-refractivity contribution < 1.29 is 9.72 Å². The summed E-state index contributed by atoms with van der Waals surface area (Å²) in [5, 5.41) is 15.4. The summed E-state index contributed by atoms with van der Waals surface area (Å²) >= 11 is 12.2. The minimum Gasteiger partial charge on any atom is -0.333 e. The molecule has 1 amide bonds. The van der Waals surface area contributed by atoms with Gasteiger partial charge in [0.2, 0.25) is 17.5 Å². The summed E-state index contributed by atoms with van der Waals surface area (Å²) in [5.74, 6) is -1.43. The van der Waals surface area contributed by atoms with Gasteiger partial charge in [0, 0.05) is 5.02 Å². The molecule has 35 heavy (non-hydrogen) atoms. The first-order valence-corrected chi connectivity index (χ1v) is 11.1. The van der Waals surface area contributed by atoms with Gasteiger partial charge in [-0.1, -0.05) is 83.9 Å². The Bertz CT molecular complexity index is 1320. The molecule has 3 aromatic carbocycles. The lowest BCUT2D eigenvalue weighted by molar-refractivity contribution is -0.383. The molecule has 11 heteroatoms. The van der Waals surface area contributed by atoms with Crippen molar-refractivity contribution in [2.75, 3.05) is 10.7 Å². The quantitative estimate of drug-likeness (QED) is 0.205. The van der Waals surface area contributed by atoms with Crippen LogP contribution < -0.4 is 16.2 Å². The summed E-state index contributed by atoms with van der Waals surface area (Å²) in [6, 6.07) is 23.0. The Balaban J connectivity index is 1.61. The van der Waals surface area contributed by atoms with Crippen molar-refractivity contribution in [3.05, 3.63) is 116 Å². The minimum absolute atomic E-state index is 0.131. The highest BCUT2D eigenvalue weighted by Gasteiger charge is 2.26. The fraction of sp³-hybridized carbons (Fsp3) is 0.0417. The van der Waals surface area contributed by atoms with E-state index in [9.17, 15) is 14.9 Å². The number of benzene rings is 3. The van der Waals surface area contributed by atoms with Gasteiger partial charge in [-0.05, 0) is 29.3 Å². The average Bonchev–Trinajstić information content (AvgIpc) is 2.86. The summed E-state index contributed by atoms with van der Waals surface area (Å²) in [6.07, 6.45) is 1.12. The molecule has 1 aromatic heterocycles. The van der Waals surface area contributed by atoms with E-state index >= 15 is 0 Å². The van der Waals surface area contributed by atoms with Crippen molar-refractivity contribution in [1.82, 2.24) is 15.4 Å². The van der Waals surface area contributed by atoms with Gasteiger partial charge in [-0.25, -0.2) is 9.97 Å². The van der Waals surface area contributed by atoms with Crippen LogP contribution in [-0.4, -0.2) is 20.8 Å². The van der Waals surface area contributed by atoms with E-state index in [0.717, 1.165) is 17.5 Å². The van der Waals surface area contributed by atoms with E-state index in [-0.39, 0.29) is 11.6 Å². The average molecular weight is 509 g/mol. The number of nitrogens with one attached hydrogen (secondary N) is 3. The number of hydrogen-bond acceptors (Lipinski definition) is 7. The van der Waals surface area contributed by atoms with E-state index in [2.05, 4.69) is 26.1 Å². The first-order valence-electron chi connectivity index (χ1n) is 10.3. The van der Waals surface area contributed by atoms with Crippen molar-refractivity contribution in [2.24, 2.45) is 0 Å². The smallest absolute Gasteiger partial charge is 0.333 e. The number of halogens is 2. The first kappa shape index (κ1) is 23.9. The molecule has 0 spiro atoms. The zero-order valence-electron chi connectivity index (χ0n) is 18.0. The Hall–Kier alpha value is -4.21. The number of rotatable bonds is 8. The van der Waals surface area contributed by atoms with Crippen LogP contribution in [0, 0.1) is 10.1 Å². The van der Waals surface area contributed by atoms with E-state index < -0.39 is 22.4 Å². The summed E-state index contributed by atoms with van der Waals surface area (Å²) < 4.78 is 0. The Labute approximate surface area is 210 Å². The van der Waals surface area contributed by atoms with E-state index in [1.54, 1.807) is 12.1 Å². The zero-order chi connectivity index (χ0) is 24.8.